The number of thioether (sulfide) groups is 1. The van der Waals surface area contributed by atoms with Crippen molar-refractivity contribution in [1.82, 2.24) is 0 Å². The second-order valence-electron chi connectivity index (χ2n) is 7.93. The summed E-state index contributed by atoms with van der Waals surface area (Å²) in [6.07, 6.45) is 0.819. The highest BCUT2D eigenvalue weighted by Gasteiger charge is 2.41. The van der Waals surface area contributed by atoms with Crippen molar-refractivity contribution in [3.05, 3.63) is 54.1 Å². The number of carbonyl (C=O) groups is 1. The van der Waals surface area contributed by atoms with Crippen LogP contribution in [0.5, 0.6) is 5.75 Å². The Morgan fingerprint density at radius 3 is 2.65 bits per heavy atom. The number of methoxy groups -OCH3 is 1. The Hall–Kier alpha value is -2.22. The lowest BCUT2D eigenvalue weighted by molar-refractivity contribution is -0.272. The highest BCUT2D eigenvalue weighted by molar-refractivity contribution is 7.99. The number of fused-ring (bicyclic) bond motifs is 1. The third-order valence-corrected chi connectivity index (χ3v) is 6.69. The summed E-state index contributed by atoms with van der Waals surface area (Å²) >= 11 is 1.92. The van der Waals surface area contributed by atoms with Crippen molar-refractivity contribution in [3.63, 3.8) is 0 Å². The molecule has 0 atom stereocenters. The molecule has 2 aromatic carbocycles. The molecule has 2 aliphatic rings. The lowest BCUT2D eigenvalue weighted by atomic mass is 9.99. The van der Waals surface area contributed by atoms with Gasteiger partial charge in [0, 0.05) is 30.0 Å². The minimum absolute atomic E-state index is 0.196. The molecule has 2 aliphatic heterocycles. The van der Waals surface area contributed by atoms with Crippen LogP contribution in [-0.2, 0) is 25.4 Å². The molecule has 0 aliphatic carbocycles. The van der Waals surface area contributed by atoms with E-state index in [9.17, 15) is 4.79 Å². The van der Waals surface area contributed by atoms with Crippen molar-refractivity contribution in [3.8, 4) is 5.75 Å². The molecule has 0 saturated carbocycles. The Kier molecular flexibility index (Phi) is 7.05. The monoisotopic (exact) mass is 443 g/mol. The number of anilines is 1. The summed E-state index contributed by atoms with van der Waals surface area (Å²) in [5, 5.41) is 0. The smallest absolute Gasteiger partial charge is 0.366 e. The van der Waals surface area contributed by atoms with E-state index in [1.807, 2.05) is 23.9 Å². The highest BCUT2D eigenvalue weighted by atomic mass is 32.2. The van der Waals surface area contributed by atoms with Gasteiger partial charge in [-0.25, -0.2) is 4.79 Å². The van der Waals surface area contributed by atoms with E-state index in [1.54, 1.807) is 6.92 Å². The number of rotatable bonds is 7. The molecule has 2 aromatic rings. The van der Waals surface area contributed by atoms with Crippen LogP contribution in [0.15, 0.2) is 53.4 Å². The molecule has 1 saturated heterocycles. The lowest BCUT2D eigenvalue weighted by Crippen LogP contribution is -2.48. The average Bonchev–Trinajstić information content (AvgIpc) is 2.81. The van der Waals surface area contributed by atoms with Crippen LogP contribution >= 0.6 is 11.8 Å². The van der Waals surface area contributed by atoms with Crippen LogP contribution in [0.1, 0.15) is 12.5 Å². The molecule has 0 N–H and O–H groups in total. The van der Waals surface area contributed by atoms with Gasteiger partial charge >= 0.3 is 5.97 Å². The van der Waals surface area contributed by atoms with Gasteiger partial charge in [-0.1, -0.05) is 24.3 Å². The van der Waals surface area contributed by atoms with E-state index in [2.05, 4.69) is 41.3 Å². The molecular formula is C24H29NO5S. The maximum Gasteiger partial charge on any atom is 0.366 e. The number of esters is 1. The summed E-state index contributed by atoms with van der Waals surface area (Å²) in [6, 6.07) is 16.7. The predicted molar refractivity (Wildman–Crippen MR) is 121 cm³/mol. The zero-order valence-corrected chi connectivity index (χ0v) is 18.9. The van der Waals surface area contributed by atoms with E-state index in [0.29, 0.717) is 19.8 Å². The summed E-state index contributed by atoms with van der Waals surface area (Å²) < 4.78 is 22.0. The van der Waals surface area contributed by atoms with Gasteiger partial charge < -0.3 is 23.8 Å². The van der Waals surface area contributed by atoms with Crippen LogP contribution in [0.4, 0.5) is 5.69 Å². The molecule has 31 heavy (non-hydrogen) atoms. The molecule has 1 fully saturated rings. The van der Waals surface area contributed by atoms with Gasteiger partial charge in [-0.05, 0) is 36.2 Å². The van der Waals surface area contributed by atoms with Gasteiger partial charge in [-0.3, -0.25) is 0 Å². The van der Waals surface area contributed by atoms with Gasteiger partial charge in [-0.2, -0.15) is 0 Å². The summed E-state index contributed by atoms with van der Waals surface area (Å²) in [4.78, 5) is 15.5. The van der Waals surface area contributed by atoms with Crippen LogP contribution in [-0.4, -0.2) is 57.5 Å². The Bertz CT molecular complexity index is 880. The topological polar surface area (TPSA) is 57.2 Å². The molecule has 2 heterocycles. The molecule has 6 nitrogen and oxygen atoms in total. The van der Waals surface area contributed by atoms with Crippen LogP contribution in [0.3, 0.4) is 0 Å². The van der Waals surface area contributed by atoms with E-state index in [-0.39, 0.29) is 5.92 Å². The van der Waals surface area contributed by atoms with Crippen LogP contribution < -0.4 is 9.64 Å². The van der Waals surface area contributed by atoms with Gasteiger partial charge in [0.25, 0.3) is 5.79 Å². The lowest BCUT2D eigenvalue weighted by Gasteiger charge is -2.35. The standard InChI is InChI=1S/C24H29NO5S/c1-24(23(26)27-2)29-16-19(17-30-24)15-18-7-9-20(10-8-18)28-13-11-25-12-14-31-22-6-4-3-5-21(22)25/h3-10,19H,11-17H2,1-2H3/t19-,24+. The minimum atomic E-state index is -1.30. The van der Waals surface area contributed by atoms with Crippen molar-refractivity contribution in [2.75, 3.05) is 50.7 Å². The van der Waals surface area contributed by atoms with E-state index in [1.165, 1.54) is 23.3 Å². The van der Waals surface area contributed by atoms with Crippen molar-refractivity contribution in [2.24, 2.45) is 5.92 Å². The number of hydrogen-bond donors (Lipinski definition) is 0. The zero-order chi connectivity index (χ0) is 21.7. The number of carbonyl (C=O) groups excluding carboxylic acids is 1. The summed E-state index contributed by atoms with van der Waals surface area (Å²) in [7, 11) is 1.33. The van der Waals surface area contributed by atoms with E-state index in [0.717, 1.165) is 31.0 Å². The maximum absolute atomic E-state index is 11.7. The molecule has 4 rings (SSSR count). The SMILES string of the molecule is COC(=O)[C@]1(C)OC[C@H](Cc2ccc(OCCN3CCSc4ccccc43)cc2)CO1. The molecule has 7 heteroatoms. The van der Waals surface area contributed by atoms with Crippen molar-refractivity contribution >= 4 is 23.4 Å². The van der Waals surface area contributed by atoms with E-state index in [4.69, 9.17) is 18.9 Å². The first-order valence-electron chi connectivity index (χ1n) is 10.6. The van der Waals surface area contributed by atoms with E-state index >= 15 is 0 Å². The fourth-order valence-corrected chi connectivity index (χ4v) is 4.90. The van der Waals surface area contributed by atoms with Crippen molar-refractivity contribution < 1.29 is 23.7 Å². The molecule has 0 unspecified atom stereocenters. The molecule has 0 spiro atoms. The van der Waals surface area contributed by atoms with Gasteiger partial charge in [0.15, 0.2) is 0 Å². The second kappa shape index (κ2) is 9.94. The van der Waals surface area contributed by atoms with Crippen molar-refractivity contribution in [1.29, 1.82) is 0 Å². The number of para-hydroxylation sites is 1. The quantitative estimate of drug-likeness (QED) is 0.604. The fraction of sp³-hybridized carbons (Fsp3) is 0.458. The first-order chi connectivity index (χ1) is 15.1. The molecular weight excluding hydrogens is 414 g/mol. The summed E-state index contributed by atoms with van der Waals surface area (Å²) in [6.45, 7) is 5.08. The maximum atomic E-state index is 11.7. The second-order valence-corrected chi connectivity index (χ2v) is 9.06. The average molecular weight is 444 g/mol. The van der Waals surface area contributed by atoms with Gasteiger partial charge in [0.1, 0.15) is 12.4 Å². The number of ether oxygens (including phenoxy) is 4. The first-order valence-corrected chi connectivity index (χ1v) is 11.6. The molecule has 166 valence electrons. The Morgan fingerprint density at radius 2 is 1.90 bits per heavy atom. The molecule has 0 aromatic heterocycles. The fourth-order valence-electron chi connectivity index (χ4n) is 3.85. The van der Waals surface area contributed by atoms with Crippen molar-refractivity contribution in [2.45, 2.75) is 24.0 Å². The Labute approximate surface area is 187 Å². The summed E-state index contributed by atoms with van der Waals surface area (Å²) in [5.74, 6) is 0.383. The molecule has 0 radical (unpaired) electrons. The Balaban J connectivity index is 1.23. The highest BCUT2D eigenvalue weighted by Crippen LogP contribution is 2.34. The van der Waals surface area contributed by atoms with Gasteiger partial charge in [0.2, 0.25) is 0 Å². The summed E-state index contributed by atoms with van der Waals surface area (Å²) in [5.41, 5.74) is 2.49. The van der Waals surface area contributed by atoms with E-state index < -0.39 is 11.8 Å². The third-order valence-electron chi connectivity index (χ3n) is 5.65. The molecule has 0 bridgehead atoms. The predicted octanol–water partition coefficient (Wildman–Crippen LogP) is 3.77. The number of nitrogens with zero attached hydrogens (tertiary/aromatic N) is 1. The van der Waals surface area contributed by atoms with Crippen LogP contribution in [0.25, 0.3) is 0 Å². The van der Waals surface area contributed by atoms with Gasteiger partial charge in [0.05, 0.1) is 32.6 Å². The first kappa shape index (κ1) is 22.0. The zero-order valence-electron chi connectivity index (χ0n) is 18.0. The van der Waals surface area contributed by atoms with Crippen LogP contribution in [0, 0.1) is 5.92 Å². The number of benzene rings is 2. The third kappa shape index (κ3) is 5.34. The minimum Gasteiger partial charge on any atom is -0.492 e. The molecule has 0 amide bonds. The largest absolute Gasteiger partial charge is 0.492 e. The van der Waals surface area contributed by atoms with Gasteiger partial charge in [-0.15, -0.1) is 11.8 Å². The number of hydrogen-bond acceptors (Lipinski definition) is 7. The van der Waals surface area contributed by atoms with Crippen LogP contribution in [0.2, 0.25) is 0 Å². The Morgan fingerprint density at radius 1 is 1.16 bits per heavy atom. The normalized spacial score (nSPS) is 23.2.